The van der Waals surface area contributed by atoms with E-state index in [0.717, 1.165) is 24.1 Å². The van der Waals surface area contributed by atoms with Crippen LogP contribution >= 0.6 is 0 Å². The largest absolute Gasteiger partial charge is 0.468 e. The fourth-order valence-electron chi connectivity index (χ4n) is 1.59. The number of hydrogen-bond acceptors (Lipinski definition) is 3. The van der Waals surface area contributed by atoms with Gasteiger partial charge in [-0.1, -0.05) is 25.3 Å². The highest BCUT2D eigenvalue weighted by Crippen LogP contribution is 2.19. The maximum atomic E-state index is 11.4. The summed E-state index contributed by atoms with van der Waals surface area (Å²) in [7, 11) is 1.38. The van der Waals surface area contributed by atoms with E-state index < -0.39 is 0 Å². The molecule has 0 bridgehead atoms. The summed E-state index contributed by atoms with van der Waals surface area (Å²) in [4.78, 5) is 11.4. The quantitative estimate of drug-likeness (QED) is 0.684. The summed E-state index contributed by atoms with van der Waals surface area (Å²) in [5.74, 6) is -0.279. The molecule has 0 saturated carbocycles. The van der Waals surface area contributed by atoms with E-state index in [1.807, 2.05) is 0 Å². The predicted octanol–water partition coefficient (Wildman–Crippen LogP) is 1.19. The number of carbonyl (C=O) groups excluding carboxylic acids is 1. The Morgan fingerprint density at radius 1 is 1.57 bits per heavy atom. The number of rotatable bonds is 3. The Kier molecular flexibility index (Phi) is 3.65. The predicted molar refractivity (Wildman–Crippen MR) is 55.8 cm³/mol. The van der Waals surface area contributed by atoms with Gasteiger partial charge in [0.05, 0.1) is 7.11 Å². The van der Waals surface area contributed by atoms with Gasteiger partial charge in [0, 0.05) is 6.54 Å². The molecule has 1 N–H and O–H groups in total. The van der Waals surface area contributed by atoms with Crippen molar-refractivity contribution in [3.05, 3.63) is 36.5 Å². The first-order valence-electron chi connectivity index (χ1n) is 4.53. The van der Waals surface area contributed by atoms with Crippen molar-refractivity contribution >= 4 is 5.97 Å². The van der Waals surface area contributed by atoms with E-state index in [1.54, 1.807) is 12.2 Å². The molecule has 1 heterocycles. The number of ether oxygens (including phenoxy) is 1. The molecule has 1 unspecified atom stereocenters. The zero-order valence-corrected chi connectivity index (χ0v) is 8.38. The van der Waals surface area contributed by atoms with Gasteiger partial charge < -0.3 is 10.1 Å². The maximum absolute atomic E-state index is 11.4. The molecule has 0 aromatic carbocycles. The smallest absolute Gasteiger partial charge is 0.327 e. The van der Waals surface area contributed by atoms with E-state index >= 15 is 0 Å². The number of allylic oxidation sites excluding steroid dienone is 1. The molecule has 1 atom stereocenters. The second-order valence-corrected chi connectivity index (χ2v) is 3.05. The van der Waals surface area contributed by atoms with Gasteiger partial charge in [0.2, 0.25) is 0 Å². The molecule has 1 aliphatic heterocycles. The summed E-state index contributed by atoms with van der Waals surface area (Å²) < 4.78 is 4.70. The molecule has 0 saturated heterocycles. The standard InChI is InChI=1S/C11H15NO2/c1-4-8-6-7-12-10(9(8)5-2)11(13)14-3/h4-5,10,12H,1-2,6-7H2,3H3. The van der Waals surface area contributed by atoms with Crippen LogP contribution in [0.1, 0.15) is 6.42 Å². The van der Waals surface area contributed by atoms with Crippen molar-refractivity contribution in [2.75, 3.05) is 13.7 Å². The fourth-order valence-corrected chi connectivity index (χ4v) is 1.59. The molecule has 0 fully saturated rings. The van der Waals surface area contributed by atoms with Crippen molar-refractivity contribution < 1.29 is 9.53 Å². The van der Waals surface area contributed by atoms with Gasteiger partial charge in [-0.05, 0) is 17.6 Å². The van der Waals surface area contributed by atoms with Crippen LogP contribution in [0.4, 0.5) is 0 Å². The van der Waals surface area contributed by atoms with E-state index in [2.05, 4.69) is 18.5 Å². The monoisotopic (exact) mass is 193 g/mol. The lowest BCUT2D eigenvalue weighted by atomic mass is 9.94. The minimum Gasteiger partial charge on any atom is -0.468 e. The second-order valence-electron chi connectivity index (χ2n) is 3.05. The molecule has 0 amide bonds. The van der Waals surface area contributed by atoms with Crippen molar-refractivity contribution in [3.8, 4) is 0 Å². The van der Waals surface area contributed by atoms with Crippen LogP contribution in [0.5, 0.6) is 0 Å². The van der Waals surface area contributed by atoms with Crippen molar-refractivity contribution in [2.45, 2.75) is 12.5 Å². The van der Waals surface area contributed by atoms with Crippen molar-refractivity contribution in [1.29, 1.82) is 0 Å². The first-order chi connectivity index (χ1) is 6.74. The molecule has 3 nitrogen and oxygen atoms in total. The van der Waals surface area contributed by atoms with E-state index in [-0.39, 0.29) is 12.0 Å². The molecule has 3 heteroatoms. The van der Waals surface area contributed by atoms with Crippen molar-refractivity contribution in [2.24, 2.45) is 0 Å². The van der Waals surface area contributed by atoms with Gasteiger partial charge in [-0.2, -0.15) is 0 Å². The van der Waals surface area contributed by atoms with Crippen LogP contribution < -0.4 is 5.32 Å². The van der Waals surface area contributed by atoms with Gasteiger partial charge in [0.25, 0.3) is 0 Å². The molecular formula is C11H15NO2. The number of methoxy groups -OCH3 is 1. The Bertz CT molecular complexity index is 292. The van der Waals surface area contributed by atoms with Crippen LogP contribution in [0.25, 0.3) is 0 Å². The van der Waals surface area contributed by atoms with Crippen LogP contribution in [0, 0.1) is 0 Å². The topological polar surface area (TPSA) is 38.3 Å². The van der Waals surface area contributed by atoms with Crippen LogP contribution in [-0.4, -0.2) is 25.7 Å². The summed E-state index contributed by atoms with van der Waals surface area (Å²) in [6.07, 6.45) is 4.33. The number of esters is 1. The van der Waals surface area contributed by atoms with Gasteiger partial charge in [-0.15, -0.1) is 0 Å². The molecule has 0 radical (unpaired) electrons. The summed E-state index contributed by atoms with van der Waals surface area (Å²) >= 11 is 0. The Morgan fingerprint density at radius 2 is 2.29 bits per heavy atom. The highest BCUT2D eigenvalue weighted by atomic mass is 16.5. The highest BCUT2D eigenvalue weighted by Gasteiger charge is 2.26. The first-order valence-corrected chi connectivity index (χ1v) is 4.53. The number of carbonyl (C=O) groups is 1. The van der Waals surface area contributed by atoms with E-state index in [9.17, 15) is 4.79 Å². The Morgan fingerprint density at radius 3 is 2.79 bits per heavy atom. The highest BCUT2D eigenvalue weighted by molar-refractivity contribution is 5.81. The van der Waals surface area contributed by atoms with Gasteiger partial charge in [0.15, 0.2) is 0 Å². The van der Waals surface area contributed by atoms with Gasteiger partial charge in [0.1, 0.15) is 6.04 Å². The summed E-state index contributed by atoms with van der Waals surface area (Å²) in [5.41, 5.74) is 1.94. The fraction of sp³-hybridized carbons (Fsp3) is 0.364. The molecule has 14 heavy (non-hydrogen) atoms. The summed E-state index contributed by atoms with van der Waals surface area (Å²) in [5, 5.41) is 3.08. The Balaban J connectivity index is 3.01. The molecule has 1 rings (SSSR count). The lowest BCUT2D eigenvalue weighted by Gasteiger charge is -2.24. The third-order valence-corrected chi connectivity index (χ3v) is 2.33. The van der Waals surface area contributed by atoms with Gasteiger partial charge in [-0.3, -0.25) is 0 Å². The zero-order valence-electron chi connectivity index (χ0n) is 8.38. The first kappa shape index (κ1) is 10.7. The van der Waals surface area contributed by atoms with E-state index in [4.69, 9.17) is 4.74 Å². The van der Waals surface area contributed by atoms with Gasteiger partial charge in [-0.25, -0.2) is 4.79 Å². The lowest BCUT2D eigenvalue weighted by Crippen LogP contribution is -2.42. The summed E-state index contributed by atoms with van der Waals surface area (Å²) in [6, 6.07) is -0.390. The molecule has 0 aromatic rings. The van der Waals surface area contributed by atoms with Crippen molar-refractivity contribution in [3.63, 3.8) is 0 Å². The van der Waals surface area contributed by atoms with Crippen LogP contribution in [0.3, 0.4) is 0 Å². The van der Waals surface area contributed by atoms with Crippen molar-refractivity contribution in [1.82, 2.24) is 5.32 Å². The third kappa shape index (κ3) is 1.93. The zero-order chi connectivity index (χ0) is 10.6. The van der Waals surface area contributed by atoms with Crippen LogP contribution in [0.15, 0.2) is 36.5 Å². The number of nitrogens with one attached hydrogen (secondary N) is 1. The normalized spacial score (nSPS) is 21.6. The summed E-state index contributed by atoms with van der Waals surface area (Å²) in [6.45, 7) is 8.18. The Labute approximate surface area is 84.1 Å². The Hall–Kier alpha value is -1.35. The molecule has 0 spiro atoms. The average molecular weight is 193 g/mol. The van der Waals surface area contributed by atoms with Crippen LogP contribution in [0.2, 0.25) is 0 Å². The second kappa shape index (κ2) is 4.77. The van der Waals surface area contributed by atoms with Crippen LogP contribution in [-0.2, 0) is 9.53 Å². The van der Waals surface area contributed by atoms with Gasteiger partial charge >= 0.3 is 5.97 Å². The molecular weight excluding hydrogens is 178 g/mol. The minimum absolute atomic E-state index is 0.279. The third-order valence-electron chi connectivity index (χ3n) is 2.33. The lowest BCUT2D eigenvalue weighted by molar-refractivity contribution is -0.142. The average Bonchev–Trinajstić information content (AvgIpc) is 2.26. The SMILES string of the molecule is C=CC1=C(C=C)C(C(=O)OC)NCC1. The molecule has 0 aliphatic carbocycles. The molecule has 0 aromatic heterocycles. The minimum atomic E-state index is -0.390. The molecule has 1 aliphatic rings. The maximum Gasteiger partial charge on any atom is 0.327 e. The van der Waals surface area contributed by atoms with E-state index in [0.29, 0.717) is 0 Å². The molecule has 76 valence electrons. The number of hydrogen-bond donors (Lipinski definition) is 1. The van der Waals surface area contributed by atoms with E-state index in [1.165, 1.54) is 7.11 Å².